The molecule has 0 radical (unpaired) electrons. The Bertz CT molecular complexity index is 795. The van der Waals surface area contributed by atoms with E-state index in [4.69, 9.17) is 4.74 Å². The Hall–Kier alpha value is -2.32. The van der Waals surface area contributed by atoms with E-state index in [1.165, 1.54) is 27.5 Å². The summed E-state index contributed by atoms with van der Waals surface area (Å²) in [5, 5.41) is 5.94. The molecule has 0 bridgehead atoms. The maximum absolute atomic E-state index is 6.17. The summed E-state index contributed by atoms with van der Waals surface area (Å²) in [6, 6.07) is 21.1. The Morgan fingerprint density at radius 3 is 2.52 bits per heavy atom. The van der Waals surface area contributed by atoms with E-state index >= 15 is 0 Å². The standard InChI is InChI=1S/C21H23NO/c1-3-22-14-20-19-11-7-6-9-17(19)12-13-21(20)23-15-18-10-5-4-8-16(18)2/h4-13,22H,3,14-15H2,1-2H3. The van der Waals surface area contributed by atoms with Crippen LogP contribution in [-0.4, -0.2) is 6.54 Å². The van der Waals surface area contributed by atoms with E-state index < -0.39 is 0 Å². The molecule has 0 saturated heterocycles. The van der Waals surface area contributed by atoms with E-state index in [0.29, 0.717) is 6.61 Å². The molecule has 3 rings (SSSR count). The molecule has 0 fully saturated rings. The summed E-state index contributed by atoms with van der Waals surface area (Å²) < 4.78 is 6.17. The van der Waals surface area contributed by atoms with Crippen molar-refractivity contribution < 1.29 is 4.74 Å². The van der Waals surface area contributed by atoms with Crippen molar-refractivity contribution in [2.24, 2.45) is 0 Å². The van der Waals surface area contributed by atoms with Gasteiger partial charge < -0.3 is 10.1 Å². The topological polar surface area (TPSA) is 21.3 Å². The Morgan fingerprint density at radius 2 is 1.70 bits per heavy atom. The van der Waals surface area contributed by atoms with Gasteiger partial charge >= 0.3 is 0 Å². The normalized spacial score (nSPS) is 10.9. The van der Waals surface area contributed by atoms with Gasteiger partial charge in [-0.3, -0.25) is 0 Å². The molecule has 0 atom stereocenters. The minimum atomic E-state index is 0.601. The van der Waals surface area contributed by atoms with Gasteiger partial charge in [0.1, 0.15) is 12.4 Å². The number of rotatable bonds is 6. The van der Waals surface area contributed by atoms with Gasteiger partial charge in [-0.2, -0.15) is 0 Å². The van der Waals surface area contributed by atoms with Crippen LogP contribution in [0.5, 0.6) is 5.75 Å². The van der Waals surface area contributed by atoms with Crippen molar-refractivity contribution in [3.05, 3.63) is 77.4 Å². The molecule has 0 heterocycles. The van der Waals surface area contributed by atoms with Crippen molar-refractivity contribution in [3.63, 3.8) is 0 Å². The number of benzene rings is 3. The molecule has 0 unspecified atom stereocenters. The third-order valence-electron chi connectivity index (χ3n) is 4.19. The lowest BCUT2D eigenvalue weighted by Gasteiger charge is -2.15. The Kier molecular flexibility index (Phi) is 4.94. The Labute approximate surface area is 138 Å². The average molecular weight is 305 g/mol. The molecule has 0 aromatic heterocycles. The predicted octanol–water partition coefficient (Wildman–Crippen LogP) is 4.84. The summed E-state index contributed by atoms with van der Waals surface area (Å²) in [5.74, 6) is 0.966. The second kappa shape index (κ2) is 7.30. The Balaban J connectivity index is 1.91. The summed E-state index contributed by atoms with van der Waals surface area (Å²) in [6.45, 7) is 6.61. The van der Waals surface area contributed by atoms with Crippen molar-refractivity contribution in [1.29, 1.82) is 0 Å². The van der Waals surface area contributed by atoms with Crippen LogP contribution in [-0.2, 0) is 13.2 Å². The van der Waals surface area contributed by atoms with Crippen molar-refractivity contribution >= 4 is 10.8 Å². The van der Waals surface area contributed by atoms with Crippen LogP contribution in [0.4, 0.5) is 0 Å². The third kappa shape index (κ3) is 3.54. The average Bonchev–Trinajstić information content (AvgIpc) is 2.59. The summed E-state index contributed by atoms with van der Waals surface area (Å²) >= 11 is 0. The molecular weight excluding hydrogens is 282 g/mol. The zero-order valence-electron chi connectivity index (χ0n) is 13.8. The lowest BCUT2D eigenvalue weighted by molar-refractivity contribution is 0.302. The van der Waals surface area contributed by atoms with Crippen LogP contribution in [0.15, 0.2) is 60.7 Å². The van der Waals surface area contributed by atoms with Crippen LogP contribution in [0, 0.1) is 6.92 Å². The molecule has 0 aliphatic rings. The molecule has 118 valence electrons. The quantitative estimate of drug-likeness (QED) is 0.704. The minimum Gasteiger partial charge on any atom is -0.489 e. The van der Waals surface area contributed by atoms with Crippen LogP contribution in [0.3, 0.4) is 0 Å². The fraction of sp³-hybridized carbons (Fsp3) is 0.238. The van der Waals surface area contributed by atoms with E-state index in [1.54, 1.807) is 0 Å². The summed E-state index contributed by atoms with van der Waals surface area (Å²) in [4.78, 5) is 0. The number of hydrogen-bond acceptors (Lipinski definition) is 2. The predicted molar refractivity (Wildman–Crippen MR) is 96.8 cm³/mol. The molecule has 3 aromatic carbocycles. The zero-order chi connectivity index (χ0) is 16.1. The largest absolute Gasteiger partial charge is 0.489 e. The van der Waals surface area contributed by atoms with Gasteiger partial charge in [0.25, 0.3) is 0 Å². The number of hydrogen-bond donors (Lipinski definition) is 1. The van der Waals surface area contributed by atoms with Gasteiger partial charge in [0.2, 0.25) is 0 Å². The van der Waals surface area contributed by atoms with Gasteiger partial charge in [0.15, 0.2) is 0 Å². The number of ether oxygens (including phenoxy) is 1. The molecule has 2 heteroatoms. The molecule has 23 heavy (non-hydrogen) atoms. The van der Waals surface area contributed by atoms with E-state index in [1.807, 2.05) is 0 Å². The van der Waals surface area contributed by atoms with Crippen LogP contribution in [0.2, 0.25) is 0 Å². The van der Waals surface area contributed by atoms with Crippen molar-refractivity contribution in [2.45, 2.75) is 27.0 Å². The minimum absolute atomic E-state index is 0.601. The molecular formula is C21H23NO. The molecule has 0 aliphatic carbocycles. The summed E-state index contributed by atoms with van der Waals surface area (Å²) in [6.07, 6.45) is 0. The van der Waals surface area contributed by atoms with E-state index in [-0.39, 0.29) is 0 Å². The van der Waals surface area contributed by atoms with Gasteiger partial charge in [-0.15, -0.1) is 0 Å². The molecule has 0 saturated carbocycles. The highest BCUT2D eigenvalue weighted by molar-refractivity contribution is 5.87. The highest BCUT2D eigenvalue weighted by Crippen LogP contribution is 2.29. The first-order valence-electron chi connectivity index (χ1n) is 8.18. The van der Waals surface area contributed by atoms with Crippen LogP contribution in [0.25, 0.3) is 10.8 Å². The molecule has 3 aromatic rings. The number of nitrogens with one attached hydrogen (secondary N) is 1. The van der Waals surface area contributed by atoms with Gasteiger partial charge in [-0.1, -0.05) is 61.5 Å². The van der Waals surface area contributed by atoms with Gasteiger partial charge in [0, 0.05) is 12.1 Å². The second-order valence-corrected chi connectivity index (χ2v) is 5.76. The monoisotopic (exact) mass is 305 g/mol. The second-order valence-electron chi connectivity index (χ2n) is 5.76. The first-order valence-corrected chi connectivity index (χ1v) is 8.18. The molecule has 0 aliphatic heterocycles. The highest BCUT2D eigenvalue weighted by atomic mass is 16.5. The molecule has 0 spiro atoms. The van der Waals surface area contributed by atoms with Crippen molar-refractivity contribution in [3.8, 4) is 5.75 Å². The van der Waals surface area contributed by atoms with E-state index in [2.05, 4.69) is 79.8 Å². The third-order valence-corrected chi connectivity index (χ3v) is 4.19. The number of fused-ring (bicyclic) bond motifs is 1. The van der Waals surface area contributed by atoms with Gasteiger partial charge in [-0.05, 0) is 41.4 Å². The lowest BCUT2D eigenvalue weighted by atomic mass is 10.0. The summed E-state index contributed by atoms with van der Waals surface area (Å²) in [7, 11) is 0. The van der Waals surface area contributed by atoms with Gasteiger partial charge in [0.05, 0.1) is 0 Å². The molecule has 1 N–H and O–H groups in total. The maximum Gasteiger partial charge on any atom is 0.124 e. The smallest absolute Gasteiger partial charge is 0.124 e. The molecule has 0 amide bonds. The maximum atomic E-state index is 6.17. The Morgan fingerprint density at radius 1 is 0.913 bits per heavy atom. The fourth-order valence-corrected chi connectivity index (χ4v) is 2.81. The van der Waals surface area contributed by atoms with Gasteiger partial charge in [-0.25, -0.2) is 0 Å². The van der Waals surface area contributed by atoms with Crippen LogP contribution >= 0.6 is 0 Å². The first-order chi connectivity index (χ1) is 11.3. The summed E-state index contributed by atoms with van der Waals surface area (Å²) in [5.41, 5.74) is 3.73. The van der Waals surface area contributed by atoms with Crippen LogP contribution in [0.1, 0.15) is 23.6 Å². The SMILES string of the molecule is CCNCc1c(OCc2ccccc2C)ccc2ccccc12. The lowest BCUT2D eigenvalue weighted by Crippen LogP contribution is -2.13. The van der Waals surface area contributed by atoms with Crippen LogP contribution < -0.4 is 10.1 Å². The highest BCUT2D eigenvalue weighted by Gasteiger charge is 2.09. The first kappa shape index (κ1) is 15.6. The van der Waals surface area contributed by atoms with E-state index in [9.17, 15) is 0 Å². The van der Waals surface area contributed by atoms with Crippen molar-refractivity contribution in [1.82, 2.24) is 5.32 Å². The molecule has 2 nitrogen and oxygen atoms in total. The number of aryl methyl sites for hydroxylation is 1. The van der Waals surface area contributed by atoms with E-state index in [0.717, 1.165) is 18.8 Å². The van der Waals surface area contributed by atoms with Crippen molar-refractivity contribution in [2.75, 3.05) is 6.54 Å². The fourth-order valence-electron chi connectivity index (χ4n) is 2.81. The zero-order valence-corrected chi connectivity index (χ0v) is 13.8.